The van der Waals surface area contributed by atoms with Crippen LogP contribution in [0.1, 0.15) is 47.1 Å². The van der Waals surface area contributed by atoms with E-state index in [9.17, 15) is 14.9 Å². The van der Waals surface area contributed by atoms with Crippen LogP contribution in [0.15, 0.2) is 34.0 Å². The highest BCUT2D eigenvalue weighted by atomic mass is 32.2. The van der Waals surface area contributed by atoms with Crippen molar-refractivity contribution in [3.05, 3.63) is 67.3 Å². The van der Waals surface area contributed by atoms with Gasteiger partial charge in [-0.3, -0.25) is 19.1 Å². The van der Waals surface area contributed by atoms with Gasteiger partial charge in [0.25, 0.3) is 11.5 Å². The van der Waals surface area contributed by atoms with Gasteiger partial charge in [-0.05, 0) is 50.3 Å². The molecule has 2 aromatic rings. The van der Waals surface area contributed by atoms with E-state index in [1.165, 1.54) is 11.8 Å². The maximum absolute atomic E-state index is 13.3. The quantitative estimate of drug-likeness (QED) is 0.483. The Bertz CT molecular complexity index is 1250. The first kappa shape index (κ1) is 23.3. The molecule has 1 amide bonds. The van der Waals surface area contributed by atoms with Crippen molar-refractivity contribution in [3.8, 4) is 6.07 Å². The summed E-state index contributed by atoms with van der Waals surface area (Å²) in [6.45, 7) is 5.90. The molecule has 2 aliphatic rings. The molecular formula is C25H26N4O2S2. The number of carbonyl (C=O) groups excluding carboxylic acids is 1. The largest absolute Gasteiger partial charge is 0.357 e. The predicted molar refractivity (Wildman–Crippen MR) is 137 cm³/mol. The number of pyridine rings is 1. The molecule has 0 aliphatic carbocycles. The number of benzene rings is 1. The third-order valence-corrected chi connectivity index (χ3v) is 7.61. The molecule has 0 radical (unpaired) electrons. The average molecular weight is 479 g/mol. The second-order valence-corrected chi connectivity index (χ2v) is 10.2. The maximum Gasteiger partial charge on any atom is 0.270 e. The van der Waals surface area contributed by atoms with Gasteiger partial charge in [-0.15, -0.1) is 0 Å². The Morgan fingerprint density at radius 2 is 1.79 bits per heavy atom. The molecule has 0 saturated carbocycles. The van der Waals surface area contributed by atoms with E-state index < -0.39 is 0 Å². The Hall–Kier alpha value is -2.89. The normalized spacial score (nSPS) is 17.7. The van der Waals surface area contributed by atoms with Crippen LogP contribution in [-0.4, -0.2) is 32.8 Å². The van der Waals surface area contributed by atoms with Gasteiger partial charge in [-0.2, -0.15) is 5.26 Å². The number of aromatic nitrogens is 1. The number of rotatable bonds is 4. The van der Waals surface area contributed by atoms with Gasteiger partial charge in [-0.1, -0.05) is 53.8 Å². The molecule has 3 heterocycles. The number of aryl methyl sites for hydroxylation is 1. The third kappa shape index (κ3) is 4.48. The summed E-state index contributed by atoms with van der Waals surface area (Å²) in [5, 5.41) is 9.63. The number of nitrogens with zero attached hydrogens (tertiary/aromatic N) is 4. The van der Waals surface area contributed by atoms with E-state index in [-0.39, 0.29) is 17.0 Å². The molecular weight excluding hydrogens is 452 g/mol. The minimum absolute atomic E-state index is 0.111. The first-order chi connectivity index (χ1) is 15.8. The summed E-state index contributed by atoms with van der Waals surface area (Å²) in [6.07, 6.45) is 5.07. The number of amides is 1. The van der Waals surface area contributed by atoms with Crippen molar-refractivity contribution in [2.24, 2.45) is 7.05 Å². The van der Waals surface area contributed by atoms with E-state index >= 15 is 0 Å². The lowest BCUT2D eigenvalue weighted by atomic mass is 10.0. The lowest BCUT2D eigenvalue weighted by Gasteiger charge is -2.32. The highest BCUT2D eigenvalue weighted by molar-refractivity contribution is 8.26. The van der Waals surface area contributed by atoms with Crippen LogP contribution in [0, 0.1) is 25.2 Å². The summed E-state index contributed by atoms with van der Waals surface area (Å²) in [7, 11) is 1.70. The van der Waals surface area contributed by atoms with Crippen molar-refractivity contribution in [2.75, 3.05) is 18.0 Å². The molecule has 8 heteroatoms. The van der Waals surface area contributed by atoms with Gasteiger partial charge in [0.1, 0.15) is 21.8 Å². The molecule has 2 aliphatic heterocycles. The minimum Gasteiger partial charge on any atom is -0.357 e. The number of thiocarbonyl (C=S) groups is 1. The van der Waals surface area contributed by atoms with Crippen molar-refractivity contribution in [2.45, 2.75) is 39.7 Å². The Labute approximate surface area is 203 Å². The van der Waals surface area contributed by atoms with Gasteiger partial charge in [0, 0.05) is 25.7 Å². The Morgan fingerprint density at radius 3 is 2.42 bits per heavy atom. The Balaban J connectivity index is 1.76. The number of hydrogen-bond acceptors (Lipinski definition) is 6. The van der Waals surface area contributed by atoms with Crippen LogP contribution in [0.5, 0.6) is 0 Å². The number of piperidine rings is 1. The molecule has 33 heavy (non-hydrogen) atoms. The number of thioether (sulfide) groups is 1. The molecule has 170 valence electrons. The summed E-state index contributed by atoms with van der Waals surface area (Å²) in [6, 6.07) is 10.1. The number of carbonyl (C=O) groups is 1. The van der Waals surface area contributed by atoms with Crippen LogP contribution in [-0.2, 0) is 18.4 Å². The Kier molecular flexibility index (Phi) is 6.73. The fourth-order valence-electron chi connectivity index (χ4n) is 4.34. The summed E-state index contributed by atoms with van der Waals surface area (Å²) in [5.41, 5.74) is 3.32. The zero-order valence-corrected chi connectivity index (χ0v) is 20.7. The molecule has 0 bridgehead atoms. The fraction of sp³-hybridized carbons (Fsp3) is 0.360. The molecule has 2 fully saturated rings. The molecule has 1 aromatic heterocycles. The lowest BCUT2D eigenvalue weighted by Crippen LogP contribution is -2.36. The van der Waals surface area contributed by atoms with Gasteiger partial charge in [0.15, 0.2) is 0 Å². The van der Waals surface area contributed by atoms with Crippen molar-refractivity contribution >= 4 is 46.1 Å². The molecule has 0 spiro atoms. The molecule has 6 nitrogen and oxygen atoms in total. The second-order valence-electron chi connectivity index (χ2n) is 8.51. The van der Waals surface area contributed by atoms with Crippen molar-refractivity contribution < 1.29 is 4.79 Å². The predicted octanol–water partition coefficient (Wildman–Crippen LogP) is 4.27. The van der Waals surface area contributed by atoms with E-state index in [0.29, 0.717) is 21.3 Å². The topological polar surface area (TPSA) is 69.3 Å². The minimum atomic E-state index is -0.306. The number of nitriles is 1. The average Bonchev–Trinajstić information content (AvgIpc) is 3.07. The smallest absolute Gasteiger partial charge is 0.270 e. The van der Waals surface area contributed by atoms with Crippen LogP contribution in [0.2, 0.25) is 0 Å². The SMILES string of the molecule is Cc1ccc(CN2C(=O)C(=Cc3c(C)c(C#N)c(=O)n(C)c3N3CCCCC3)SC2=S)cc1. The first-order valence-corrected chi connectivity index (χ1v) is 12.2. The lowest BCUT2D eigenvalue weighted by molar-refractivity contribution is -0.122. The molecule has 2 saturated heterocycles. The summed E-state index contributed by atoms with van der Waals surface area (Å²) in [4.78, 5) is 30.5. The van der Waals surface area contributed by atoms with E-state index in [1.807, 2.05) is 37.3 Å². The van der Waals surface area contributed by atoms with E-state index in [1.54, 1.807) is 23.4 Å². The van der Waals surface area contributed by atoms with Crippen LogP contribution < -0.4 is 10.5 Å². The zero-order valence-electron chi connectivity index (χ0n) is 19.1. The van der Waals surface area contributed by atoms with Crippen LogP contribution in [0.4, 0.5) is 5.82 Å². The van der Waals surface area contributed by atoms with Crippen LogP contribution >= 0.6 is 24.0 Å². The summed E-state index contributed by atoms with van der Waals surface area (Å²) < 4.78 is 2.06. The molecule has 0 atom stereocenters. The van der Waals surface area contributed by atoms with Crippen molar-refractivity contribution in [3.63, 3.8) is 0 Å². The van der Waals surface area contributed by atoms with E-state index in [4.69, 9.17) is 12.2 Å². The molecule has 0 unspecified atom stereocenters. The van der Waals surface area contributed by atoms with Gasteiger partial charge in [-0.25, -0.2) is 0 Å². The molecule has 4 rings (SSSR count). The van der Waals surface area contributed by atoms with Gasteiger partial charge in [0.05, 0.1) is 11.4 Å². The molecule has 1 aromatic carbocycles. The van der Waals surface area contributed by atoms with Crippen molar-refractivity contribution in [1.82, 2.24) is 9.47 Å². The highest BCUT2D eigenvalue weighted by Crippen LogP contribution is 2.36. The summed E-state index contributed by atoms with van der Waals surface area (Å²) >= 11 is 6.80. The number of anilines is 1. The summed E-state index contributed by atoms with van der Waals surface area (Å²) in [5.74, 6) is 0.613. The first-order valence-electron chi connectivity index (χ1n) is 11.0. The standard InChI is InChI=1S/C25H26N4O2S2/c1-16-7-9-18(10-8-16)15-29-24(31)21(33-25(29)32)13-19-17(2)20(14-26)23(30)27(3)22(19)28-11-5-4-6-12-28/h7-10,13H,4-6,11-12,15H2,1-3H3. The zero-order chi connectivity index (χ0) is 23.7. The number of hydrogen-bond donors (Lipinski definition) is 0. The maximum atomic E-state index is 13.3. The van der Waals surface area contributed by atoms with Crippen molar-refractivity contribution in [1.29, 1.82) is 5.26 Å². The highest BCUT2D eigenvalue weighted by Gasteiger charge is 2.33. The Morgan fingerprint density at radius 1 is 1.12 bits per heavy atom. The van der Waals surface area contributed by atoms with Gasteiger partial charge >= 0.3 is 0 Å². The van der Waals surface area contributed by atoms with E-state index in [0.717, 1.165) is 54.9 Å². The van der Waals surface area contributed by atoms with Crippen LogP contribution in [0.25, 0.3) is 6.08 Å². The second kappa shape index (κ2) is 9.54. The third-order valence-electron chi connectivity index (χ3n) is 6.23. The van der Waals surface area contributed by atoms with Gasteiger partial charge in [0.2, 0.25) is 0 Å². The van der Waals surface area contributed by atoms with Gasteiger partial charge < -0.3 is 4.90 Å². The van der Waals surface area contributed by atoms with E-state index in [2.05, 4.69) is 11.0 Å². The van der Waals surface area contributed by atoms with Crippen LogP contribution in [0.3, 0.4) is 0 Å². The monoisotopic (exact) mass is 478 g/mol. The fourth-order valence-corrected chi connectivity index (χ4v) is 5.58. The molecule has 0 N–H and O–H groups in total.